The zero-order valence-corrected chi connectivity index (χ0v) is 19.6. The van der Waals surface area contributed by atoms with Gasteiger partial charge >= 0.3 is 5.69 Å². The Morgan fingerprint density at radius 1 is 1.23 bits per heavy atom. The van der Waals surface area contributed by atoms with Gasteiger partial charge in [-0.05, 0) is 31.9 Å². The van der Waals surface area contributed by atoms with Crippen LogP contribution in [0.25, 0.3) is 16.9 Å². The van der Waals surface area contributed by atoms with Crippen molar-refractivity contribution in [2.75, 3.05) is 0 Å². The lowest BCUT2D eigenvalue weighted by Crippen LogP contribution is -2.45. The molecule has 9 nitrogen and oxygen atoms in total. The molecule has 3 heterocycles. The number of rotatable bonds is 5. The van der Waals surface area contributed by atoms with Crippen LogP contribution in [0.5, 0.6) is 0 Å². The highest BCUT2D eigenvalue weighted by Crippen LogP contribution is 2.22. The van der Waals surface area contributed by atoms with Gasteiger partial charge in [0.2, 0.25) is 0 Å². The van der Waals surface area contributed by atoms with E-state index in [9.17, 15) is 14.7 Å². The highest BCUT2D eigenvalue weighted by molar-refractivity contribution is 5.99. The SMILES string of the molecule is Cc1cn2c(=O)n(Cc3ccc(-c4ccn(C)n4)cc3F)cc(C(=O)N[C@H]3CCCC[C@@H]3O)c2n1. The van der Waals surface area contributed by atoms with Gasteiger partial charge in [0.05, 0.1) is 35.6 Å². The molecule has 1 aliphatic rings. The van der Waals surface area contributed by atoms with Gasteiger partial charge in [-0.15, -0.1) is 0 Å². The van der Waals surface area contributed by atoms with Crippen LogP contribution in [0.2, 0.25) is 0 Å². The third kappa shape index (κ3) is 4.49. The predicted molar refractivity (Wildman–Crippen MR) is 128 cm³/mol. The number of nitrogens with one attached hydrogen (secondary N) is 1. The van der Waals surface area contributed by atoms with E-state index in [1.807, 2.05) is 0 Å². The van der Waals surface area contributed by atoms with Crippen molar-refractivity contribution < 1.29 is 14.3 Å². The fraction of sp³-hybridized carbons (Fsp3) is 0.360. The molecule has 0 saturated heterocycles. The van der Waals surface area contributed by atoms with Gasteiger partial charge in [0.25, 0.3) is 5.91 Å². The highest BCUT2D eigenvalue weighted by atomic mass is 19.1. The van der Waals surface area contributed by atoms with E-state index >= 15 is 4.39 Å². The van der Waals surface area contributed by atoms with E-state index in [1.54, 1.807) is 49.2 Å². The zero-order chi connectivity index (χ0) is 24.7. The van der Waals surface area contributed by atoms with Gasteiger partial charge < -0.3 is 10.4 Å². The van der Waals surface area contributed by atoms with Crippen molar-refractivity contribution in [2.24, 2.45) is 7.05 Å². The Morgan fingerprint density at radius 2 is 2.03 bits per heavy atom. The van der Waals surface area contributed by atoms with Crippen LogP contribution in [0, 0.1) is 12.7 Å². The first-order valence-corrected chi connectivity index (χ1v) is 11.7. The molecule has 182 valence electrons. The average Bonchev–Trinajstić information content (AvgIpc) is 3.44. The van der Waals surface area contributed by atoms with E-state index < -0.39 is 23.5 Å². The molecule has 3 aromatic heterocycles. The second kappa shape index (κ2) is 9.10. The summed E-state index contributed by atoms with van der Waals surface area (Å²) in [4.78, 5) is 30.7. The fourth-order valence-corrected chi connectivity index (χ4v) is 4.63. The van der Waals surface area contributed by atoms with Gasteiger partial charge in [0.15, 0.2) is 5.65 Å². The van der Waals surface area contributed by atoms with Crippen molar-refractivity contribution in [3.8, 4) is 11.3 Å². The molecule has 1 aliphatic carbocycles. The lowest BCUT2D eigenvalue weighted by Gasteiger charge is -2.28. The Labute approximate surface area is 200 Å². The number of benzene rings is 1. The number of hydrogen-bond acceptors (Lipinski definition) is 5. The summed E-state index contributed by atoms with van der Waals surface area (Å²) in [6, 6.07) is 6.20. The molecule has 1 aromatic carbocycles. The van der Waals surface area contributed by atoms with Gasteiger partial charge in [-0.1, -0.05) is 25.0 Å². The molecule has 35 heavy (non-hydrogen) atoms. The number of fused-ring (bicyclic) bond motifs is 1. The first kappa shape index (κ1) is 23.0. The molecular weight excluding hydrogens is 451 g/mol. The van der Waals surface area contributed by atoms with Crippen LogP contribution in [0.1, 0.15) is 47.3 Å². The number of aliphatic hydroxyl groups excluding tert-OH is 1. The summed E-state index contributed by atoms with van der Waals surface area (Å²) in [5.74, 6) is -0.899. The maximum Gasteiger partial charge on any atom is 0.334 e. The third-order valence-electron chi connectivity index (χ3n) is 6.50. The maximum atomic E-state index is 15.0. The molecule has 0 radical (unpaired) electrons. The quantitative estimate of drug-likeness (QED) is 0.458. The Hall–Kier alpha value is -3.79. The second-order valence-corrected chi connectivity index (χ2v) is 9.14. The van der Waals surface area contributed by atoms with Crippen molar-refractivity contribution in [3.05, 3.63) is 76.0 Å². The molecule has 4 aromatic rings. The molecule has 0 aliphatic heterocycles. The molecule has 1 fully saturated rings. The van der Waals surface area contributed by atoms with Crippen molar-refractivity contribution in [3.63, 3.8) is 0 Å². The second-order valence-electron chi connectivity index (χ2n) is 9.14. The Balaban J connectivity index is 1.49. The van der Waals surface area contributed by atoms with Crippen molar-refractivity contribution in [1.29, 1.82) is 0 Å². The van der Waals surface area contributed by atoms with Crippen LogP contribution in [0.15, 0.2) is 47.7 Å². The van der Waals surface area contributed by atoms with E-state index in [4.69, 9.17) is 0 Å². The zero-order valence-electron chi connectivity index (χ0n) is 19.6. The van der Waals surface area contributed by atoms with Crippen LogP contribution in [0.4, 0.5) is 4.39 Å². The molecule has 1 amide bonds. The number of carbonyl (C=O) groups excluding carboxylic acids is 1. The third-order valence-corrected chi connectivity index (χ3v) is 6.50. The van der Waals surface area contributed by atoms with Gasteiger partial charge in [0.1, 0.15) is 5.82 Å². The number of imidazole rings is 1. The number of nitrogens with zero attached hydrogens (tertiary/aromatic N) is 5. The largest absolute Gasteiger partial charge is 0.391 e. The summed E-state index contributed by atoms with van der Waals surface area (Å²) < 4.78 is 19.3. The Kier molecular flexibility index (Phi) is 5.98. The Bertz CT molecular complexity index is 1470. The fourth-order valence-electron chi connectivity index (χ4n) is 4.63. The number of amides is 1. The summed E-state index contributed by atoms with van der Waals surface area (Å²) >= 11 is 0. The van der Waals surface area contributed by atoms with Crippen molar-refractivity contribution in [2.45, 2.75) is 51.3 Å². The number of aryl methyl sites for hydroxylation is 2. The lowest BCUT2D eigenvalue weighted by atomic mass is 9.92. The average molecular weight is 479 g/mol. The smallest absolute Gasteiger partial charge is 0.334 e. The van der Waals surface area contributed by atoms with Gasteiger partial charge in [-0.25, -0.2) is 14.2 Å². The number of carbonyl (C=O) groups is 1. The van der Waals surface area contributed by atoms with Crippen LogP contribution in [0.3, 0.4) is 0 Å². The summed E-state index contributed by atoms with van der Waals surface area (Å²) in [6.07, 6.45) is 7.31. The monoisotopic (exact) mass is 478 g/mol. The molecule has 1 saturated carbocycles. The van der Waals surface area contributed by atoms with Crippen molar-refractivity contribution in [1.82, 2.24) is 29.0 Å². The van der Waals surface area contributed by atoms with E-state index in [2.05, 4.69) is 15.4 Å². The first-order valence-electron chi connectivity index (χ1n) is 11.7. The van der Waals surface area contributed by atoms with Crippen LogP contribution >= 0.6 is 0 Å². The van der Waals surface area contributed by atoms with Crippen molar-refractivity contribution >= 4 is 11.6 Å². The summed E-state index contributed by atoms with van der Waals surface area (Å²) in [6.45, 7) is 1.67. The van der Waals surface area contributed by atoms with E-state index in [1.165, 1.54) is 21.2 Å². The van der Waals surface area contributed by atoms with E-state index in [0.717, 1.165) is 12.8 Å². The molecule has 0 spiro atoms. The normalized spacial score (nSPS) is 18.2. The van der Waals surface area contributed by atoms with Crippen LogP contribution in [-0.4, -0.2) is 46.9 Å². The Morgan fingerprint density at radius 3 is 2.74 bits per heavy atom. The van der Waals surface area contributed by atoms with Crippen LogP contribution < -0.4 is 11.0 Å². The lowest BCUT2D eigenvalue weighted by molar-refractivity contribution is 0.0717. The van der Waals surface area contributed by atoms with E-state index in [-0.39, 0.29) is 23.8 Å². The molecule has 2 atom stereocenters. The minimum atomic E-state index is -0.608. The molecule has 10 heteroatoms. The molecule has 5 rings (SSSR count). The maximum absolute atomic E-state index is 15.0. The molecule has 0 unspecified atom stereocenters. The summed E-state index contributed by atoms with van der Waals surface area (Å²) in [7, 11) is 1.79. The summed E-state index contributed by atoms with van der Waals surface area (Å²) in [5, 5.41) is 17.5. The first-order chi connectivity index (χ1) is 16.8. The van der Waals surface area contributed by atoms with Gasteiger partial charge in [-0.3, -0.25) is 18.4 Å². The minimum Gasteiger partial charge on any atom is -0.391 e. The number of hydrogen-bond donors (Lipinski definition) is 2. The minimum absolute atomic E-state index is 0.0628. The predicted octanol–water partition coefficient (Wildman–Crippen LogP) is 2.43. The summed E-state index contributed by atoms with van der Waals surface area (Å²) in [5.41, 5.74) is 2.16. The number of halogens is 1. The van der Waals surface area contributed by atoms with Gasteiger partial charge in [0, 0.05) is 36.8 Å². The highest BCUT2D eigenvalue weighted by Gasteiger charge is 2.26. The van der Waals surface area contributed by atoms with Gasteiger partial charge in [-0.2, -0.15) is 5.10 Å². The van der Waals surface area contributed by atoms with E-state index in [0.29, 0.717) is 35.4 Å². The number of aromatic nitrogens is 5. The topological polar surface area (TPSA) is 106 Å². The van der Waals surface area contributed by atoms with Crippen LogP contribution in [-0.2, 0) is 13.6 Å². The molecular formula is C25H27FN6O3. The standard InChI is InChI=1S/C25H27FN6O3/c1-15-12-32-23(27-15)18(24(34)28-21-5-3-4-6-22(21)33)14-31(25(32)35)13-17-8-7-16(11-19(17)26)20-9-10-30(2)29-20/h7-12,14,21-22,33H,3-6,13H2,1-2H3,(H,28,34)/t21-,22-/m0/s1. The molecule has 2 N–H and O–H groups in total. The molecule has 0 bridgehead atoms. The number of aliphatic hydroxyl groups is 1.